The van der Waals surface area contributed by atoms with Crippen LogP contribution in [0.5, 0.6) is 5.75 Å². The second kappa shape index (κ2) is 17.0. The molecule has 3 aromatic carbocycles. The van der Waals surface area contributed by atoms with Gasteiger partial charge in [0, 0.05) is 25.4 Å². The van der Waals surface area contributed by atoms with Crippen molar-refractivity contribution in [2.24, 2.45) is 5.92 Å². The molecule has 11 heteroatoms. The van der Waals surface area contributed by atoms with Crippen molar-refractivity contribution in [3.63, 3.8) is 0 Å². The van der Waals surface area contributed by atoms with Crippen molar-refractivity contribution in [2.45, 2.75) is 76.3 Å². The Balaban J connectivity index is 1.32. The molecule has 11 nitrogen and oxygen atoms in total. The highest BCUT2D eigenvalue weighted by molar-refractivity contribution is 5.80. The molecule has 5 rings (SSSR count). The van der Waals surface area contributed by atoms with Crippen LogP contribution in [-0.4, -0.2) is 89.8 Å². The molecule has 3 amide bonds. The first kappa shape index (κ1) is 36.8. The average Bonchev–Trinajstić information content (AvgIpc) is 3.41. The Morgan fingerprint density at radius 2 is 1.58 bits per heavy atom. The second-order valence-electron chi connectivity index (χ2n) is 14.0. The number of alkyl carbamates (subject to hydrolysis) is 1. The summed E-state index contributed by atoms with van der Waals surface area (Å²) in [4.78, 5) is 41.2. The van der Waals surface area contributed by atoms with E-state index < -0.39 is 41.9 Å². The minimum atomic E-state index is -1.12. The van der Waals surface area contributed by atoms with E-state index in [-0.39, 0.29) is 31.3 Å². The molecule has 50 heavy (non-hydrogen) atoms. The lowest BCUT2D eigenvalue weighted by atomic mass is 9.88. The summed E-state index contributed by atoms with van der Waals surface area (Å²) in [7, 11) is 0. The molecule has 5 atom stereocenters. The summed E-state index contributed by atoms with van der Waals surface area (Å²) in [5, 5.41) is 28.5. The molecule has 0 aromatic heterocycles. The molecule has 0 unspecified atom stereocenters. The summed E-state index contributed by atoms with van der Waals surface area (Å²) >= 11 is 0. The lowest BCUT2D eigenvalue weighted by molar-refractivity contribution is -0.137. The van der Waals surface area contributed by atoms with Crippen molar-refractivity contribution >= 4 is 17.9 Å². The number of rotatable bonds is 13. The predicted molar refractivity (Wildman–Crippen MR) is 187 cm³/mol. The van der Waals surface area contributed by atoms with Crippen molar-refractivity contribution in [1.29, 1.82) is 0 Å². The van der Waals surface area contributed by atoms with Gasteiger partial charge in [-0.1, -0.05) is 66.7 Å². The summed E-state index contributed by atoms with van der Waals surface area (Å²) < 4.78 is 16.6. The van der Waals surface area contributed by atoms with Crippen molar-refractivity contribution in [3.8, 4) is 5.75 Å². The highest BCUT2D eigenvalue weighted by Gasteiger charge is 2.35. The summed E-state index contributed by atoms with van der Waals surface area (Å²) in [5.74, 6) is -0.634. The largest absolute Gasteiger partial charge is 0.484 e. The zero-order chi connectivity index (χ0) is 35.7. The van der Waals surface area contributed by atoms with Crippen LogP contribution < -0.4 is 15.4 Å². The SMILES string of the molecule is CC(C)(C)OC(=O)N[C@@H](Cc1ccccc1)[C@@H](O)C[C@H](Cc1ccc(OCC(=O)N2CCOCC2)cc1)C(=O)N[C@H]1c2ccccc2C[C@H]1O. The standard InChI is InChI=1S/C39H49N3O8/c1-39(2,3)50-38(47)40-32(22-26-9-5-4-6-10-26)33(43)24-29(37(46)41-36-31-12-8-7-11-28(31)23-34(36)44)21-27-13-15-30(16-14-27)49-25-35(45)42-17-19-48-20-18-42/h4-16,29,32-34,36,43-44H,17-25H2,1-3H3,(H,40,47)(H,41,46)/t29-,32-,33-,34+,36-/m0/s1. The predicted octanol–water partition coefficient (Wildman–Crippen LogP) is 3.74. The molecule has 1 saturated heterocycles. The molecule has 2 aliphatic rings. The number of amides is 3. The van der Waals surface area contributed by atoms with Gasteiger partial charge in [-0.15, -0.1) is 0 Å². The fourth-order valence-corrected chi connectivity index (χ4v) is 6.42. The fraction of sp³-hybridized carbons (Fsp3) is 0.462. The monoisotopic (exact) mass is 687 g/mol. The van der Waals surface area contributed by atoms with E-state index in [1.165, 1.54) is 0 Å². The number of benzene rings is 3. The maximum Gasteiger partial charge on any atom is 0.407 e. The molecule has 268 valence electrons. The summed E-state index contributed by atoms with van der Waals surface area (Å²) in [6.07, 6.45) is -1.51. The number of hydrogen-bond donors (Lipinski definition) is 4. The van der Waals surface area contributed by atoms with Crippen LogP contribution in [0.1, 0.15) is 55.5 Å². The lowest BCUT2D eigenvalue weighted by Gasteiger charge is -2.30. The first-order chi connectivity index (χ1) is 23.9. The average molecular weight is 688 g/mol. The van der Waals surface area contributed by atoms with Gasteiger partial charge in [-0.25, -0.2) is 4.79 Å². The van der Waals surface area contributed by atoms with Crippen molar-refractivity contribution < 1.29 is 38.8 Å². The van der Waals surface area contributed by atoms with E-state index in [1.807, 2.05) is 66.7 Å². The minimum Gasteiger partial charge on any atom is -0.484 e. The molecule has 3 aromatic rings. The van der Waals surface area contributed by atoms with E-state index in [0.717, 1.165) is 22.3 Å². The summed E-state index contributed by atoms with van der Waals surface area (Å²) in [5.41, 5.74) is 2.83. The minimum absolute atomic E-state index is 0.0237. The zero-order valence-corrected chi connectivity index (χ0v) is 29.0. The fourth-order valence-electron chi connectivity index (χ4n) is 6.42. The van der Waals surface area contributed by atoms with Gasteiger partial charge in [0.1, 0.15) is 11.4 Å². The molecule has 0 saturated carbocycles. The van der Waals surface area contributed by atoms with Crippen LogP contribution >= 0.6 is 0 Å². The Kier molecular flexibility index (Phi) is 12.5. The van der Waals surface area contributed by atoms with Crippen LogP contribution in [0, 0.1) is 5.92 Å². The number of nitrogens with one attached hydrogen (secondary N) is 2. The number of aliphatic hydroxyl groups excluding tert-OH is 2. The second-order valence-corrected chi connectivity index (χ2v) is 14.0. The maximum atomic E-state index is 14.1. The van der Waals surface area contributed by atoms with Gasteiger partial charge in [0.15, 0.2) is 6.61 Å². The van der Waals surface area contributed by atoms with E-state index in [0.29, 0.717) is 44.9 Å². The third-order valence-corrected chi connectivity index (χ3v) is 9.00. The first-order valence-corrected chi connectivity index (χ1v) is 17.3. The van der Waals surface area contributed by atoms with E-state index in [2.05, 4.69) is 10.6 Å². The van der Waals surface area contributed by atoms with Gasteiger partial charge in [-0.05, 0) is 74.4 Å². The summed E-state index contributed by atoms with van der Waals surface area (Å²) in [6, 6.07) is 23.0. The van der Waals surface area contributed by atoms with Crippen molar-refractivity contribution in [3.05, 3.63) is 101 Å². The molecule has 1 aliphatic heterocycles. The number of fused-ring (bicyclic) bond motifs is 1. The van der Waals surface area contributed by atoms with Crippen LogP contribution in [0.4, 0.5) is 4.79 Å². The van der Waals surface area contributed by atoms with Crippen LogP contribution in [0.2, 0.25) is 0 Å². The van der Waals surface area contributed by atoms with Crippen molar-refractivity contribution in [2.75, 3.05) is 32.9 Å². The third kappa shape index (κ3) is 10.5. The van der Waals surface area contributed by atoms with Gasteiger partial charge in [0.2, 0.25) is 5.91 Å². The van der Waals surface area contributed by atoms with E-state index in [1.54, 1.807) is 37.8 Å². The van der Waals surface area contributed by atoms with Crippen LogP contribution in [-0.2, 0) is 38.3 Å². The van der Waals surface area contributed by atoms with Gasteiger partial charge < -0.3 is 40.0 Å². The van der Waals surface area contributed by atoms with Crippen LogP contribution in [0.3, 0.4) is 0 Å². The number of aliphatic hydroxyl groups is 2. The Hall–Kier alpha value is -4.45. The molecule has 0 bridgehead atoms. The topological polar surface area (TPSA) is 147 Å². The normalized spacial score (nSPS) is 19.1. The Morgan fingerprint density at radius 1 is 0.920 bits per heavy atom. The summed E-state index contributed by atoms with van der Waals surface area (Å²) in [6.45, 7) is 7.32. The Morgan fingerprint density at radius 3 is 2.28 bits per heavy atom. The van der Waals surface area contributed by atoms with E-state index in [4.69, 9.17) is 14.2 Å². The lowest BCUT2D eigenvalue weighted by Crippen LogP contribution is -2.48. The number of morpholine rings is 1. The maximum absolute atomic E-state index is 14.1. The molecule has 1 aliphatic carbocycles. The quantitative estimate of drug-likeness (QED) is 0.213. The molecule has 1 heterocycles. The number of carbonyl (C=O) groups is 3. The van der Waals surface area contributed by atoms with Gasteiger partial charge in [0.25, 0.3) is 5.91 Å². The number of hydrogen-bond acceptors (Lipinski definition) is 8. The Labute approximate surface area is 293 Å². The van der Waals surface area contributed by atoms with E-state index >= 15 is 0 Å². The van der Waals surface area contributed by atoms with E-state index in [9.17, 15) is 24.6 Å². The van der Waals surface area contributed by atoms with Gasteiger partial charge >= 0.3 is 6.09 Å². The number of ether oxygens (including phenoxy) is 3. The molecule has 0 radical (unpaired) electrons. The Bertz CT molecular complexity index is 1570. The molecular weight excluding hydrogens is 638 g/mol. The smallest absolute Gasteiger partial charge is 0.407 e. The molecule has 1 fully saturated rings. The first-order valence-electron chi connectivity index (χ1n) is 17.3. The highest BCUT2D eigenvalue weighted by atomic mass is 16.6. The van der Waals surface area contributed by atoms with Gasteiger partial charge in [-0.3, -0.25) is 9.59 Å². The number of nitrogens with zero attached hydrogens (tertiary/aromatic N) is 1. The molecule has 0 spiro atoms. The molecular formula is C39H49N3O8. The highest BCUT2D eigenvalue weighted by Crippen LogP contribution is 2.32. The zero-order valence-electron chi connectivity index (χ0n) is 29.0. The number of carbonyl (C=O) groups excluding carboxylic acids is 3. The van der Waals surface area contributed by atoms with Crippen LogP contribution in [0.15, 0.2) is 78.9 Å². The van der Waals surface area contributed by atoms with Crippen LogP contribution in [0.25, 0.3) is 0 Å². The van der Waals surface area contributed by atoms with Gasteiger partial charge in [0.05, 0.1) is 37.5 Å². The molecule has 4 N–H and O–H groups in total. The third-order valence-electron chi connectivity index (χ3n) is 9.00. The van der Waals surface area contributed by atoms with Crippen molar-refractivity contribution in [1.82, 2.24) is 15.5 Å². The van der Waals surface area contributed by atoms with Gasteiger partial charge in [-0.2, -0.15) is 0 Å².